The molecule has 1 aliphatic carbocycles. The molecule has 8 heteroatoms. The van der Waals surface area contributed by atoms with Crippen molar-refractivity contribution < 1.29 is 22.0 Å². The summed E-state index contributed by atoms with van der Waals surface area (Å²) in [5, 5.41) is 5.09. The third-order valence-electron chi connectivity index (χ3n) is 5.49. The van der Waals surface area contributed by atoms with Gasteiger partial charge in [0.25, 0.3) is 0 Å². The molecule has 0 aromatic heterocycles. The van der Waals surface area contributed by atoms with E-state index in [9.17, 15) is 22.0 Å². The lowest BCUT2D eigenvalue weighted by molar-refractivity contribution is -0.116. The fraction of sp³-hybridized carbons (Fsp3) is 0.261. The number of sulfonamides is 1. The van der Waals surface area contributed by atoms with Crippen LogP contribution in [-0.2, 0) is 27.7 Å². The number of anilines is 2. The molecule has 0 radical (unpaired) electrons. The standard InChI is InChI=1S/C23H22F2N2O3S/c1-31(29,30)27(21-12-10-17(24)14-19(21)25)13-3-6-22(28)26-20-11-9-16-8-7-15-4-2-5-18(20)23(15)16/h2,4-5,9-12,14H,3,6-8,13H2,1H3,(H,26,28). The molecule has 0 unspecified atom stereocenters. The van der Waals surface area contributed by atoms with E-state index in [1.807, 2.05) is 24.3 Å². The minimum atomic E-state index is -3.80. The molecule has 31 heavy (non-hydrogen) atoms. The lowest BCUT2D eigenvalue weighted by Crippen LogP contribution is -2.32. The average molecular weight is 445 g/mol. The van der Waals surface area contributed by atoms with Gasteiger partial charge in [-0.2, -0.15) is 0 Å². The van der Waals surface area contributed by atoms with Crippen LogP contribution in [0.1, 0.15) is 24.0 Å². The molecule has 0 fully saturated rings. The number of nitrogens with one attached hydrogen (secondary N) is 1. The predicted octanol–water partition coefficient (Wildman–Crippen LogP) is 4.40. The first-order valence-electron chi connectivity index (χ1n) is 10.00. The molecule has 1 N–H and O–H groups in total. The van der Waals surface area contributed by atoms with Crippen LogP contribution in [0.5, 0.6) is 0 Å². The molecular weight excluding hydrogens is 422 g/mol. The molecular formula is C23H22F2N2O3S. The van der Waals surface area contributed by atoms with E-state index in [1.54, 1.807) is 0 Å². The molecule has 162 valence electrons. The zero-order valence-electron chi connectivity index (χ0n) is 17.0. The maximum absolute atomic E-state index is 14.1. The molecule has 3 aromatic carbocycles. The summed E-state index contributed by atoms with van der Waals surface area (Å²) in [5.74, 6) is -2.02. The number of carbonyl (C=O) groups is 1. The van der Waals surface area contributed by atoms with Crippen LogP contribution in [0.2, 0.25) is 0 Å². The third kappa shape index (κ3) is 4.39. The Labute approximate surface area is 179 Å². The topological polar surface area (TPSA) is 66.5 Å². The van der Waals surface area contributed by atoms with E-state index in [0.717, 1.165) is 46.6 Å². The van der Waals surface area contributed by atoms with Crippen molar-refractivity contribution in [1.29, 1.82) is 0 Å². The Kier molecular flexibility index (Phi) is 5.66. The largest absolute Gasteiger partial charge is 0.326 e. The van der Waals surface area contributed by atoms with Crippen LogP contribution in [0.3, 0.4) is 0 Å². The van der Waals surface area contributed by atoms with Crippen molar-refractivity contribution in [2.45, 2.75) is 25.7 Å². The molecule has 4 rings (SSSR count). The fourth-order valence-electron chi connectivity index (χ4n) is 4.10. The van der Waals surface area contributed by atoms with Gasteiger partial charge in [0, 0.05) is 30.1 Å². The molecule has 5 nitrogen and oxygen atoms in total. The van der Waals surface area contributed by atoms with Gasteiger partial charge < -0.3 is 5.32 Å². The maximum Gasteiger partial charge on any atom is 0.232 e. The number of aryl methyl sites for hydroxylation is 2. The van der Waals surface area contributed by atoms with E-state index in [-0.39, 0.29) is 31.0 Å². The Bertz CT molecular complexity index is 1270. The van der Waals surface area contributed by atoms with Crippen molar-refractivity contribution in [3.63, 3.8) is 0 Å². The number of benzene rings is 3. The second-order valence-electron chi connectivity index (χ2n) is 7.69. The Balaban J connectivity index is 1.45. The van der Waals surface area contributed by atoms with E-state index in [4.69, 9.17) is 0 Å². The van der Waals surface area contributed by atoms with Gasteiger partial charge in [0.2, 0.25) is 15.9 Å². The number of hydrogen-bond acceptors (Lipinski definition) is 3. The van der Waals surface area contributed by atoms with Crippen molar-refractivity contribution in [2.24, 2.45) is 0 Å². The zero-order valence-corrected chi connectivity index (χ0v) is 17.8. The van der Waals surface area contributed by atoms with Crippen LogP contribution in [0.4, 0.5) is 20.2 Å². The molecule has 0 saturated carbocycles. The quantitative estimate of drug-likeness (QED) is 0.587. The highest BCUT2D eigenvalue weighted by molar-refractivity contribution is 7.92. The molecule has 1 aliphatic rings. The van der Waals surface area contributed by atoms with Crippen LogP contribution in [0, 0.1) is 11.6 Å². The van der Waals surface area contributed by atoms with Gasteiger partial charge in [0.1, 0.15) is 11.6 Å². The van der Waals surface area contributed by atoms with Crippen molar-refractivity contribution in [2.75, 3.05) is 22.4 Å². The Morgan fingerprint density at radius 2 is 1.81 bits per heavy atom. The second kappa shape index (κ2) is 8.26. The Morgan fingerprint density at radius 1 is 1.06 bits per heavy atom. The smallest absolute Gasteiger partial charge is 0.232 e. The van der Waals surface area contributed by atoms with E-state index < -0.39 is 21.7 Å². The van der Waals surface area contributed by atoms with Gasteiger partial charge in [-0.05, 0) is 54.0 Å². The summed E-state index contributed by atoms with van der Waals surface area (Å²) in [7, 11) is -3.80. The van der Waals surface area contributed by atoms with Gasteiger partial charge >= 0.3 is 0 Å². The fourth-order valence-corrected chi connectivity index (χ4v) is 5.07. The first-order chi connectivity index (χ1) is 14.7. The van der Waals surface area contributed by atoms with Crippen LogP contribution in [0.25, 0.3) is 10.8 Å². The number of carbonyl (C=O) groups excluding carboxylic acids is 1. The zero-order chi connectivity index (χ0) is 22.2. The summed E-state index contributed by atoms with van der Waals surface area (Å²) in [6.45, 7) is -0.0986. The molecule has 0 heterocycles. The maximum atomic E-state index is 14.1. The summed E-state index contributed by atoms with van der Waals surface area (Å²) in [5.41, 5.74) is 3.02. The normalized spacial score (nSPS) is 12.9. The number of amides is 1. The number of nitrogens with zero attached hydrogens (tertiary/aromatic N) is 1. The average Bonchev–Trinajstić information content (AvgIpc) is 3.12. The van der Waals surface area contributed by atoms with Gasteiger partial charge in [0.05, 0.1) is 11.9 Å². The minimum absolute atomic E-state index is 0.0533. The van der Waals surface area contributed by atoms with Crippen LogP contribution >= 0.6 is 0 Å². The van der Waals surface area contributed by atoms with Gasteiger partial charge in [-0.1, -0.05) is 24.3 Å². The molecule has 3 aromatic rings. The van der Waals surface area contributed by atoms with Crippen LogP contribution < -0.4 is 9.62 Å². The summed E-state index contributed by atoms with van der Waals surface area (Å²) in [6.07, 6.45) is 3.16. The van der Waals surface area contributed by atoms with Crippen molar-refractivity contribution in [3.05, 3.63) is 71.3 Å². The number of rotatable bonds is 7. The van der Waals surface area contributed by atoms with E-state index in [0.29, 0.717) is 6.07 Å². The highest BCUT2D eigenvalue weighted by Gasteiger charge is 2.22. The van der Waals surface area contributed by atoms with Crippen LogP contribution in [-0.4, -0.2) is 27.1 Å². The van der Waals surface area contributed by atoms with Crippen molar-refractivity contribution >= 4 is 38.1 Å². The van der Waals surface area contributed by atoms with E-state index in [2.05, 4.69) is 11.4 Å². The summed E-state index contributed by atoms with van der Waals surface area (Å²) in [4.78, 5) is 12.5. The van der Waals surface area contributed by atoms with Crippen molar-refractivity contribution in [3.8, 4) is 0 Å². The highest BCUT2D eigenvalue weighted by atomic mass is 32.2. The SMILES string of the molecule is CS(=O)(=O)N(CCCC(=O)Nc1ccc2c3c(cccc13)CC2)c1ccc(F)cc1F. The summed E-state index contributed by atoms with van der Waals surface area (Å²) >= 11 is 0. The van der Waals surface area contributed by atoms with E-state index >= 15 is 0 Å². The summed E-state index contributed by atoms with van der Waals surface area (Å²) < 4.78 is 52.4. The van der Waals surface area contributed by atoms with E-state index in [1.165, 1.54) is 16.5 Å². The predicted molar refractivity (Wildman–Crippen MR) is 118 cm³/mol. The minimum Gasteiger partial charge on any atom is -0.326 e. The molecule has 1 amide bonds. The Morgan fingerprint density at radius 3 is 2.52 bits per heavy atom. The van der Waals surface area contributed by atoms with Gasteiger partial charge in [-0.15, -0.1) is 0 Å². The first kappa shape index (κ1) is 21.2. The number of hydrogen-bond donors (Lipinski definition) is 1. The van der Waals surface area contributed by atoms with Gasteiger partial charge in [-0.3, -0.25) is 9.10 Å². The second-order valence-corrected chi connectivity index (χ2v) is 9.60. The molecule has 0 aliphatic heterocycles. The molecule has 0 bridgehead atoms. The first-order valence-corrected chi connectivity index (χ1v) is 11.8. The molecule has 0 atom stereocenters. The number of halogens is 2. The van der Waals surface area contributed by atoms with Gasteiger partial charge in [-0.25, -0.2) is 17.2 Å². The lowest BCUT2D eigenvalue weighted by atomic mass is 10.0. The van der Waals surface area contributed by atoms with Crippen molar-refractivity contribution in [1.82, 2.24) is 0 Å². The molecule has 0 spiro atoms. The lowest BCUT2D eigenvalue weighted by Gasteiger charge is -2.22. The monoisotopic (exact) mass is 444 g/mol. The van der Waals surface area contributed by atoms with Gasteiger partial charge in [0.15, 0.2) is 0 Å². The highest BCUT2D eigenvalue weighted by Crippen LogP contribution is 2.35. The summed E-state index contributed by atoms with van der Waals surface area (Å²) in [6, 6.07) is 12.7. The van der Waals surface area contributed by atoms with Crippen LogP contribution in [0.15, 0.2) is 48.5 Å². The third-order valence-corrected chi connectivity index (χ3v) is 6.67. The molecule has 0 saturated heterocycles. The Hall–Kier alpha value is -3.00.